The Morgan fingerprint density at radius 3 is 2.79 bits per heavy atom. The highest BCUT2D eigenvalue weighted by molar-refractivity contribution is 5.88. The normalized spacial score (nSPS) is 17.2. The molecule has 1 saturated heterocycles. The Labute approximate surface area is 138 Å². The van der Waals surface area contributed by atoms with E-state index in [0.29, 0.717) is 23.9 Å². The summed E-state index contributed by atoms with van der Waals surface area (Å²) in [5.41, 5.74) is 0.136. The highest BCUT2D eigenvalue weighted by Crippen LogP contribution is 2.19. The van der Waals surface area contributed by atoms with Gasteiger partial charge in [0, 0.05) is 20.6 Å². The fourth-order valence-electron chi connectivity index (χ4n) is 2.97. The molecule has 1 unspecified atom stereocenters. The fraction of sp³-hybridized carbons (Fsp3) is 0.438. The van der Waals surface area contributed by atoms with Crippen LogP contribution in [0.3, 0.4) is 0 Å². The molecule has 3 rings (SSSR count). The molecule has 0 N–H and O–H groups in total. The van der Waals surface area contributed by atoms with E-state index < -0.39 is 6.04 Å². The number of benzene rings is 1. The summed E-state index contributed by atoms with van der Waals surface area (Å²) in [6, 6.07) is 6.40. The summed E-state index contributed by atoms with van der Waals surface area (Å²) >= 11 is 0. The van der Waals surface area contributed by atoms with Gasteiger partial charge >= 0.3 is 0 Å². The Balaban J connectivity index is 1.83. The molecule has 0 spiro atoms. The van der Waals surface area contributed by atoms with Crippen LogP contribution in [0.5, 0.6) is 0 Å². The molecule has 0 saturated carbocycles. The van der Waals surface area contributed by atoms with Gasteiger partial charge in [-0.15, -0.1) is 5.10 Å². The van der Waals surface area contributed by atoms with Gasteiger partial charge in [0.05, 0.1) is 5.39 Å². The van der Waals surface area contributed by atoms with Gasteiger partial charge in [0.1, 0.15) is 18.1 Å². The number of hydrogen-bond donors (Lipinski definition) is 0. The lowest BCUT2D eigenvalue weighted by Crippen LogP contribution is -2.47. The van der Waals surface area contributed by atoms with Crippen LogP contribution in [-0.2, 0) is 16.1 Å². The van der Waals surface area contributed by atoms with Gasteiger partial charge < -0.3 is 9.80 Å². The Hall–Kier alpha value is -2.77. The predicted octanol–water partition coefficient (Wildman–Crippen LogP) is -0.129. The average Bonchev–Trinajstić information content (AvgIpc) is 3.06. The van der Waals surface area contributed by atoms with Crippen molar-refractivity contribution in [3.8, 4) is 0 Å². The zero-order valence-electron chi connectivity index (χ0n) is 13.7. The third-order valence-electron chi connectivity index (χ3n) is 4.21. The van der Waals surface area contributed by atoms with Crippen LogP contribution < -0.4 is 5.56 Å². The highest BCUT2D eigenvalue weighted by Gasteiger charge is 2.35. The maximum Gasteiger partial charge on any atom is 0.278 e. The van der Waals surface area contributed by atoms with Gasteiger partial charge in [-0.1, -0.05) is 17.3 Å². The standard InChI is InChI=1S/C16H19N5O3/c1-19(2)16(24)13-8-5-9-20(13)14(22)10-21-15(23)11-6-3-4-7-12(11)17-18-21/h3-4,6-7,13H,5,8-10H2,1-2H3. The molecule has 2 amide bonds. The molecule has 0 aliphatic carbocycles. The van der Waals surface area contributed by atoms with Crippen molar-refractivity contribution in [2.45, 2.75) is 25.4 Å². The van der Waals surface area contributed by atoms with Crippen molar-refractivity contribution < 1.29 is 9.59 Å². The summed E-state index contributed by atoms with van der Waals surface area (Å²) in [7, 11) is 3.34. The van der Waals surface area contributed by atoms with E-state index in [1.54, 1.807) is 38.4 Å². The maximum atomic E-state index is 12.6. The summed E-state index contributed by atoms with van der Waals surface area (Å²) in [6.07, 6.45) is 1.41. The van der Waals surface area contributed by atoms with Gasteiger partial charge in [-0.05, 0) is 25.0 Å². The van der Waals surface area contributed by atoms with Gasteiger partial charge in [0.2, 0.25) is 11.8 Å². The first-order chi connectivity index (χ1) is 11.5. The van der Waals surface area contributed by atoms with Crippen molar-refractivity contribution in [1.29, 1.82) is 0 Å². The molecule has 1 atom stereocenters. The quantitative estimate of drug-likeness (QED) is 0.783. The van der Waals surface area contributed by atoms with Gasteiger partial charge in [-0.2, -0.15) is 0 Å². The van der Waals surface area contributed by atoms with Crippen molar-refractivity contribution in [2.24, 2.45) is 0 Å². The summed E-state index contributed by atoms with van der Waals surface area (Å²) in [4.78, 5) is 40.2. The number of rotatable bonds is 3. The second-order valence-corrected chi connectivity index (χ2v) is 6.05. The van der Waals surface area contributed by atoms with Crippen LogP contribution in [0, 0.1) is 0 Å². The van der Waals surface area contributed by atoms with E-state index in [2.05, 4.69) is 10.3 Å². The topological polar surface area (TPSA) is 88.4 Å². The Bertz CT molecular complexity index is 845. The monoisotopic (exact) mass is 329 g/mol. The molecule has 2 aromatic rings. The molecule has 8 nitrogen and oxygen atoms in total. The largest absolute Gasteiger partial charge is 0.347 e. The smallest absolute Gasteiger partial charge is 0.278 e. The number of amides is 2. The van der Waals surface area contributed by atoms with Crippen LogP contribution >= 0.6 is 0 Å². The van der Waals surface area contributed by atoms with Crippen molar-refractivity contribution in [2.75, 3.05) is 20.6 Å². The minimum atomic E-state index is -0.461. The van der Waals surface area contributed by atoms with Crippen molar-refractivity contribution >= 4 is 22.7 Å². The van der Waals surface area contributed by atoms with Crippen molar-refractivity contribution in [3.63, 3.8) is 0 Å². The molecule has 0 radical (unpaired) electrons. The Morgan fingerprint density at radius 2 is 2.04 bits per heavy atom. The van der Waals surface area contributed by atoms with Crippen LogP contribution in [0.2, 0.25) is 0 Å². The molecule has 1 fully saturated rings. The number of likely N-dealkylation sites (N-methyl/N-ethyl adjacent to an activating group) is 1. The van der Waals surface area contributed by atoms with Crippen molar-refractivity contribution in [3.05, 3.63) is 34.6 Å². The van der Waals surface area contributed by atoms with E-state index in [0.717, 1.165) is 11.1 Å². The van der Waals surface area contributed by atoms with Crippen LogP contribution in [0.4, 0.5) is 0 Å². The Kier molecular flexibility index (Phi) is 4.28. The minimum absolute atomic E-state index is 0.0993. The lowest BCUT2D eigenvalue weighted by Gasteiger charge is -2.26. The molecule has 24 heavy (non-hydrogen) atoms. The van der Waals surface area contributed by atoms with E-state index >= 15 is 0 Å². The van der Waals surface area contributed by atoms with Gasteiger partial charge in [0.15, 0.2) is 0 Å². The first kappa shape index (κ1) is 16.1. The molecule has 0 bridgehead atoms. The molecular weight excluding hydrogens is 310 g/mol. The van der Waals surface area contributed by atoms with Gasteiger partial charge in [-0.25, -0.2) is 4.68 Å². The molecule has 1 aliphatic heterocycles. The molecule has 8 heteroatoms. The van der Waals surface area contributed by atoms with Gasteiger partial charge in [-0.3, -0.25) is 14.4 Å². The third-order valence-corrected chi connectivity index (χ3v) is 4.21. The van der Waals surface area contributed by atoms with Crippen LogP contribution in [0.25, 0.3) is 10.9 Å². The number of fused-ring (bicyclic) bond motifs is 1. The molecular formula is C16H19N5O3. The number of nitrogens with zero attached hydrogens (tertiary/aromatic N) is 5. The van der Waals surface area contributed by atoms with E-state index in [1.165, 1.54) is 9.80 Å². The number of likely N-dealkylation sites (tertiary alicyclic amines) is 1. The zero-order valence-corrected chi connectivity index (χ0v) is 13.7. The highest BCUT2D eigenvalue weighted by atomic mass is 16.2. The lowest BCUT2D eigenvalue weighted by atomic mass is 10.2. The van der Waals surface area contributed by atoms with Crippen LogP contribution in [-0.4, -0.2) is 63.3 Å². The number of carbonyl (C=O) groups is 2. The average molecular weight is 329 g/mol. The molecule has 1 aromatic heterocycles. The SMILES string of the molecule is CN(C)C(=O)C1CCCN1C(=O)Cn1nnc2ccccc2c1=O. The minimum Gasteiger partial charge on any atom is -0.347 e. The molecule has 1 aliphatic rings. The Morgan fingerprint density at radius 1 is 1.29 bits per heavy atom. The van der Waals surface area contributed by atoms with Gasteiger partial charge in [0.25, 0.3) is 5.56 Å². The van der Waals surface area contributed by atoms with Crippen LogP contribution in [0.1, 0.15) is 12.8 Å². The number of aromatic nitrogens is 3. The summed E-state index contributed by atoms with van der Waals surface area (Å²) in [6.45, 7) is 0.298. The second kappa shape index (κ2) is 6.38. The lowest BCUT2D eigenvalue weighted by molar-refractivity contribution is -0.142. The number of hydrogen-bond acceptors (Lipinski definition) is 5. The summed E-state index contributed by atoms with van der Waals surface area (Å²) in [5, 5.41) is 8.22. The van der Waals surface area contributed by atoms with E-state index in [-0.39, 0.29) is 23.9 Å². The second-order valence-electron chi connectivity index (χ2n) is 6.05. The number of carbonyl (C=O) groups excluding carboxylic acids is 2. The summed E-state index contributed by atoms with van der Waals surface area (Å²) in [5.74, 6) is -0.392. The van der Waals surface area contributed by atoms with E-state index in [9.17, 15) is 14.4 Å². The van der Waals surface area contributed by atoms with Crippen molar-refractivity contribution in [1.82, 2.24) is 24.8 Å². The fourth-order valence-corrected chi connectivity index (χ4v) is 2.97. The van der Waals surface area contributed by atoms with E-state index in [4.69, 9.17) is 0 Å². The zero-order chi connectivity index (χ0) is 17.3. The maximum absolute atomic E-state index is 12.6. The van der Waals surface area contributed by atoms with E-state index in [1.807, 2.05) is 0 Å². The first-order valence-corrected chi connectivity index (χ1v) is 7.82. The molecule has 126 valence electrons. The summed E-state index contributed by atoms with van der Waals surface area (Å²) < 4.78 is 1.06. The predicted molar refractivity (Wildman–Crippen MR) is 87.2 cm³/mol. The molecule has 1 aromatic carbocycles. The molecule has 2 heterocycles. The third kappa shape index (κ3) is 2.86. The van der Waals surface area contributed by atoms with Crippen LogP contribution in [0.15, 0.2) is 29.1 Å². The first-order valence-electron chi connectivity index (χ1n) is 7.82.